The van der Waals surface area contributed by atoms with Gasteiger partial charge in [0, 0.05) is 78.1 Å². The zero-order valence-electron chi connectivity index (χ0n) is 28.0. The fourth-order valence-corrected chi connectivity index (χ4v) is 5.51. The Morgan fingerprint density at radius 3 is 1.68 bits per heavy atom. The molecule has 1 saturated heterocycles. The Labute approximate surface area is 284 Å². The molecular weight excluding hydrogens is 668 g/mol. The Balaban J connectivity index is 1.93. The van der Waals surface area contributed by atoms with Crippen LogP contribution in [0.1, 0.15) is 71.3 Å². The van der Waals surface area contributed by atoms with Gasteiger partial charge >= 0.3 is 41.8 Å². The van der Waals surface area contributed by atoms with Gasteiger partial charge in [-0.2, -0.15) is 0 Å². The monoisotopic (exact) mass is 702 g/mol. The lowest BCUT2D eigenvalue weighted by atomic mass is 9.87. The van der Waals surface area contributed by atoms with Crippen LogP contribution < -0.4 is 18.9 Å². The topological polar surface area (TPSA) is 223 Å². The number of benzene rings is 2. The Bertz CT molecular complexity index is 1740. The third kappa shape index (κ3) is 8.65. The molecule has 2 aromatic rings. The van der Waals surface area contributed by atoms with E-state index in [-0.39, 0.29) is 46.3 Å². The van der Waals surface area contributed by atoms with E-state index >= 15 is 0 Å². The van der Waals surface area contributed by atoms with Crippen molar-refractivity contribution in [1.82, 2.24) is 0 Å². The van der Waals surface area contributed by atoms with Gasteiger partial charge in [0.2, 0.25) is 0 Å². The summed E-state index contributed by atoms with van der Waals surface area (Å²) in [5.41, 5.74) is 0.165. The fraction of sp³-hybridized carbons (Fsp3) is 0.424. The van der Waals surface area contributed by atoms with Gasteiger partial charge in [-0.1, -0.05) is 0 Å². The second-order valence-electron chi connectivity index (χ2n) is 11.2. The Morgan fingerprint density at radius 1 is 0.640 bits per heavy atom. The van der Waals surface area contributed by atoms with Crippen molar-refractivity contribution in [1.29, 1.82) is 0 Å². The number of ether oxygens (including phenoxy) is 9. The van der Waals surface area contributed by atoms with Crippen LogP contribution in [0.5, 0.6) is 34.5 Å². The lowest BCUT2D eigenvalue weighted by molar-refractivity contribution is -0.254. The van der Waals surface area contributed by atoms with E-state index in [0.717, 1.165) is 48.5 Å². The summed E-state index contributed by atoms with van der Waals surface area (Å²) in [5.74, 6) is -6.69. The van der Waals surface area contributed by atoms with Crippen molar-refractivity contribution in [2.45, 2.75) is 85.4 Å². The molecule has 0 saturated carbocycles. The first-order valence-electron chi connectivity index (χ1n) is 15.0. The zero-order valence-corrected chi connectivity index (χ0v) is 28.0. The number of hydrogen-bond donors (Lipinski definition) is 1. The molecule has 0 unspecified atom stereocenters. The number of esters is 7. The molecule has 1 fully saturated rings. The predicted octanol–water partition coefficient (Wildman–Crippen LogP) is 2.66. The van der Waals surface area contributed by atoms with Crippen molar-refractivity contribution < 1.29 is 81.3 Å². The number of carbonyl (C=O) groups excluding carboxylic acids is 7. The molecule has 2 aromatic carbocycles. The molecule has 2 aliphatic heterocycles. The van der Waals surface area contributed by atoms with E-state index in [9.17, 15) is 38.7 Å². The first kappa shape index (κ1) is 37.1. The number of rotatable bonds is 9. The minimum atomic E-state index is -1.65. The highest BCUT2D eigenvalue weighted by molar-refractivity contribution is 5.76. The molecule has 1 N–H and O–H groups in total. The maximum Gasteiger partial charge on any atom is 0.308 e. The number of carbonyl (C=O) groups is 7. The molecule has 268 valence electrons. The number of phenols is 1. The van der Waals surface area contributed by atoms with Crippen LogP contribution >= 0.6 is 0 Å². The first-order valence-corrected chi connectivity index (χ1v) is 15.0. The molecule has 0 radical (unpaired) electrons. The van der Waals surface area contributed by atoms with E-state index in [0.29, 0.717) is 5.56 Å². The number of phenolic OH excluding ortho intramolecular Hbond substituents is 1. The zero-order chi connectivity index (χ0) is 37.0. The summed E-state index contributed by atoms with van der Waals surface area (Å²) in [7, 11) is 0. The molecule has 0 spiro atoms. The van der Waals surface area contributed by atoms with Crippen LogP contribution in [0.3, 0.4) is 0 Å². The molecule has 50 heavy (non-hydrogen) atoms. The summed E-state index contributed by atoms with van der Waals surface area (Å²) in [4.78, 5) is 84.6. The SMILES string of the molecule is CC(=O)OC[C@H]1O[C@@H](c2c(OC(C)=O)cc3c(c2O)Cc2cc(OC(C)=O)c(OC(C)=O)cc2O3)[C@H](OC(C)=O)[C@@H](OC(C)=O)[C@@H]1OC(C)=O. The Kier molecular flexibility index (Phi) is 11.3. The maximum atomic E-state index is 12.4. The van der Waals surface area contributed by atoms with Crippen LogP contribution in [-0.4, -0.2) is 77.9 Å². The second-order valence-corrected chi connectivity index (χ2v) is 11.2. The minimum absolute atomic E-state index is 0.0188. The third-order valence-electron chi connectivity index (χ3n) is 7.12. The van der Waals surface area contributed by atoms with Crippen LogP contribution in [0, 0.1) is 0 Å². The number of aromatic hydroxyl groups is 1. The van der Waals surface area contributed by atoms with Gasteiger partial charge in [0.1, 0.15) is 41.8 Å². The first-order chi connectivity index (χ1) is 23.4. The maximum absolute atomic E-state index is 12.4. The second kappa shape index (κ2) is 15.2. The smallest absolute Gasteiger partial charge is 0.308 e. The summed E-state index contributed by atoms with van der Waals surface area (Å²) < 4.78 is 49.7. The van der Waals surface area contributed by atoms with E-state index in [4.69, 9.17) is 42.6 Å². The van der Waals surface area contributed by atoms with Crippen molar-refractivity contribution in [3.05, 3.63) is 34.9 Å². The molecule has 0 amide bonds. The highest BCUT2D eigenvalue weighted by Gasteiger charge is 2.54. The number of fused-ring (bicyclic) bond motifs is 2. The predicted molar refractivity (Wildman–Crippen MR) is 162 cm³/mol. The van der Waals surface area contributed by atoms with Crippen LogP contribution in [0.25, 0.3) is 0 Å². The summed E-state index contributed by atoms with van der Waals surface area (Å²) in [6.07, 6.45) is -7.85. The van der Waals surface area contributed by atoms with Gasteiger partial charge in [0.15, 0.2) is 29.8 Å². The van der Waals surface area contributed by atoms with E-state index in [2.05, 4.69) is 0 Å². The van der Waals surface area contributed by atoms with Gasteiger partial charge in [-0.25, -0.2) is 0 Å². The summed E-state index contributed by atoms with van der Waals surface area (Å²) >= 11 is 0. The average Bonchev–Trinajstić information content (AvgIpc) is 2.97. The van der Waals surface area contributed by atoms with E-state index in [1.165, 1.54) is 18.2 Å². The molecule has 0 aliphatic carbocycles. The lowest BCUT2D eigenvalue weighted by Gasteiger charge is -2.45. The molecule has 0 bridgehead atoms. The van der Waals surface area contributed by atoms with Gasteiger partial charge in [-0.15, -0.1) is 0 Å². The van der Waals surface area contributed by atoms with E-state index in [1.807, 2.05) is 0 Å². The summed E-state index contributed by atoms with van der Waals surface area (Å²) in [6.45, 7) is 7.08. The number of hydrogen-bond acceptors (Lipinski definition) is 17. The molecule has 5 atom stereocenters. The van der Waals surface area contributed by atoms with Crippen molar-refractivity contribution in [3.63, 3.8) is 0 Å². The van der Waals surface area contributed by atoms with Crippen LogP contribution in [-0.2, 0) is 63.7 Å². The van der Waals surface area contributed by atoms with Gasteiger partial charge < -0.3 is 47.7 Å². The lowest BCUT2D eigenvalue weighted by Crippen LogP contribution is -2.59. The van der Waals surface area contributed by atoms with Crippen LogP contribution in [0.15, 0.2) is 18.2 Å². The van der Waals surface area contributed by atoms with Gasteiger partial charge in [-0.05, 0) is 6.07 Å². The van der Waals surface area contributed by atoms with Crippen molar-refractivity contribution in [3.8, 4) is 34.5 Å². The van der Waals surface area contributed by atoms with Gasteiger partial charge in [-0.3, -0.25) is 33.6 Å². The van der Waals surface area contributed by atoms with Crippen molar-refractivity contribution in [2.24, 2.45) is 0 Å². The molecule has 4 rings (SSSR count). The average molecular weight is 703 g/mol. The van der Waals surface area contributed by atoms with Crippen molar-refractivity contribution >= 4 is 41.8 Å². The standard InChI is InChI=1S/C33H34O17/c1-13(34)42-12-27-30(46-17(5)38)32(47-18(6)39)33(48-19(7)40)31(50-27)28-26(45-16(4)37)11-23-21(29(28)41)8-20-9-24(43-14(2)35)25(44-15(3)36)10-22(20)49-23/h9-11,27,30-33,41H,8,12H2,1-7H3/t27-,30-,31+,32+,33+/m1/s1. The van der Waals surface area contributed by atoms with E-state index in [1.54, 1.807) is 0 Å². The summed E-state index contributed by atoms with van der Waals surface area (Å²) in [6, 6.07) is 3.91. The molecular formula is C33H34O17. The fourth-order valence-electron chi connectivity index (χ4n) is 5.51. The molecule has 2 heterocycles. The van der Waals surface area contributed by atoms with E-state index < -0.39 is 84.7 Å². The quantitative estimate of drug-likeness (QED) is 0.192. The molecule has 17 nitrogen and oxygen atoms in total. The Morgan fingerprint density at radius 2 is 1.14 bits per heavy atom. The van der Waals surface area contributed by atoms with Crippen LogP contribution in [0.2, 0.25) is 0 Å². The highest BCUT2D eigenvalue weighted by atomic mass is 16.7. The van der Waals surface area contributed by atoms with Crippen molar-refractivity contribution in [2.75, 3.05) is 6.61 Å². The minimum Gasteiger partial charge on any atom is -0.507 e. The molecule has 0 aromatic heterocycles. The summed E-state index contributed by atoms with van der Waals surface area (Å²) in [5, 5.41) is 11.9. The molecule has 17 heteroatoms. The van der Waals surface area contributed by atoms with Crippen LogP contribution in [0.4, 0.5) is 0 Å². The molecule has 2 aliphatic rings. The third-order valence-corrected chi connectivity index (χ3v) is 7.12. The largest absolute Gasteiger partial charge is 0.507 e. The highest BCUT2D eigenvalue weighted by Crippen LogP contribution is 2.52. The Hall–Kier alpha value is -5.71. The van der Waals surface area contributed by atoms with Gasteiger partial charge in [0.25, 0.3) is 0 Å². The van der Waals surface area contributed by atoms with Gasteiger partial charge in [0.05, 0.1) is 5.56 Å². The normalized spacial score (nSPS) is 20.4.